The van der Waals surface area contributed by atoms with E-state index in [1.807, 2.05) is 0 Å². The van der Waals surface area contributed by atoms with Crippen molar-refractivity contribution in [1.82, 2.24) is 5.32 Å². The third kappa shape index (κ3) is 4.80. The smallest absolute Gasteiger partial charge is 0.408 e. The maximum Gasteiger partial charge on any atom is 0.408 e. The van der Waals surface area contributed by atoms with Gasteiger partial charge in [0.2, 0.25) is 0 Å². The number of carbonyl (C=O) groups is 3. The highest BCUT2D eigenvalue weighted by molar-refractivity contribution is 5.86. The summed E-state index contributed by atoms with van der Waals surface area (Å²) < 4.78 is 23.7. The number of amides is 1. The molecule has 1 aliphatic rings. The Kier molecular flexibility index (Phi) is 6.74. The maximum absolute atomic E-state index is 14.3. The van der Waals surface area contributed by atoms with E-state index in [0.717, 1.165) is 0 Å². The number of hydrogen-bond donors (Lipinski definition) is 2. The van der Waals surface area contributed by atoms with Crippen molar-refractivity contribution < 1.29 is 33.4 Å². The lowest BCUT2D eigenvalue weighted by Crippen LogP contribution is -2.58. The first kappa shape index (κ1) is 18.7. The zero-order valence-electron chi connectivity index (χ0n) is 12.6. The minimum atomic E-state index is -2.11. The molecule has 1 saturated carbocycles. The summed E-state index contributed by atoms with van der Waals surface area (Å²) in [4.78, 5) is 34.6. The first-order valence-corrected chi connectivity index (χ1v) is 7.05. The molecule has 1 unspecified atom stereocenters. The van der Waals surface area contributed by atoms with Gasteiger partial charge >= 0.3 is 18.0 Å². The van der Waals surface area contributed by atoms with Crippen molar-refractivity contribution in [1.29, 1.82) is 0 Å². The molecule has 7 nitrogen and oxygen atoms in total. The van der Waals surface area contributed by atoms with Crippen molar-refractivity contribution in [2.24, 2.45) is 5.92 Å². The summed E-state index contributed by atoms with van der Waals surface area (Å²) in [5, 5.41) is 11.4. The molecule has 0 aromatic rings. The van der Waals surface area contributed by atoms with E-state index in [4.69, 9.17) is 4.74 Å². The number of nitrogens with one attached hydrogen (secondary N) is 1. The Morgan fingerprint density at radius 3 is 2.43 bits per heavy atom. The van der Waals surface area contributed by atoms with Crippen LogP contribution in [0.3, 0.4) is 0 Å². The molecule has 1 amide bonds. The molecule has 1 rings (SSSR count). The van der Waals surface area contributed by atoms with Gasteiger partial charge in [0.1, 0.15) is 19.4 Å². The van der Waals surface area contributed by atoms with E-state index in [-0.39, 0.29) is 32.5 Å². The van der Waals surface area contributed by atoms with Crippen LogP contribution in [0.15, 0.2) is 25.3 Å². The fourth-order valence-electron chi connectivity index (χ4n) is 2.52. The molecule has 0 heterocycles. The van der Waals surface area contributed by atoms with Crippen LogP contribution in [0.25, 0.3) is 0 Å². The van der Waals surface area contributed by atoms with E-state index < -0.39 is 35.7 Å². The molecule has 3 atom stereocenters. The number of ether oxygens (including phenoxy) is 2. The molecule has 1 fully saturated rings. The normalized spacial score (nSPS) is 26.1. The van der Waals surface area contributed by atoms with E-state index in [1.165, 1.54) is 12.2 Å². The minimum absolute atomic E-state index is 0.0286. The van der Waals surface area contributed by atoms with Gasteiger partial charge in [0.15, 0.2) is 5.54 Å². The van der Waals surface area contributed by atoms with Gasteiger partial charge < -0.3 is 19.9 Å². The molecule has 8 heteroatoms. The second-order valence-corrected chi connectivity index (χ2v) is 5.24. The molecule has 0 saturated heterocycles. The number of halogens is 1. The highest BCUT2D eigenvalue weighted by Gasteiger charge is 2.55. The number of esters is 1. The molecule has 0 aliphatic heterocycles. The SMILES string of the molecule is C=CCOC(=O)CC1C[C@H](F)[C@@](NC(=O)OCC=C)(C(=O)O)C1. The van der Waals surface area contributed by atoms with Crippen molar-refractivity contribution in [3.8, 4) is 0 Å². The van der Waals surface area contributed by atoms with E-state index in [2.05, 4.69) is 23.2 Å². The van der Waals surface area contributed by atoms with Crippen LogP contribution in [0.5, 0.6) is 0 Å². The van der Waals surface area contributed by atoms with Crippen molar-refractivity contribution >= 4 is 18.0 Å². The summed E-state index contributed by atoms with van der Waals surface area (Å²) in [6.45, 7) is 6.64. The number of aliphatic carboxylic acids is 1. The van der Waals surface area contributed by atoms with Crippen LogP contribution >= 0.6 is 0 Å². The fourth-order valence-corrected chi connectivity index (χ4v) is 2.52. The third-order valence-corrected chi connectivity index (χ3v) is 3.54. The lowest BCUT2D eigenvalue weighted by Gasteiger charge is -2.27. The molecule has 0 spiro atoms. The molecule has 128 valence electrons. The fraction of sp³-hybridized carbons (Fsp3) is 0.533. The number of alkyl carbamates (subject to hydrolysis) is 1. The van der Waals surface area contributed by atoms with Crippen molar-refractivity contribution in [2.45, 2.75) is 31.0 Å². The third-order valence-electron chi connectivity index (χ3n) is 3.54. The van der Waals surface area contributed by atoms with Gasteiger partial charge in [0.05, 0.1) is 0 Å². The van der Waals surface area contributed by atoms with Crippen LogP contribution in [0.2, 0.25) is 0 Å². The maximum atomic E-state index is 14.3. The van der Waals surface area contributed by atoms with E-state index >= 15 is 0 Å². The Morgan fingerprint density at radius 2 is 1.87 bits per heavy atom. The summed E-state index contributed by atoms with van der Waals surface area (Å²) in [6.07, 6.45) is -0.728. The first-order valence-electron chi connectivity index (χ1n) is 7.05. The lowest BCUT2D eigenvalue weighted by molar-refractivity contribution is -0.147. The van der Waals surface area contributed by atoms with Gasteiger partial charge in [-0.2, -0.15) is 0 Å². The van der Waals surface area contributed by atoms with Crippen LogP contribution in [0, 0.1) is 5.92 Å². The van der Waals surface area contributed by atoms with Gasteiger partial charge in [0, 0.05) is 6.42 Å². The van der Waals surface area contributed by atoms with Gasteiger partial charge in [0.25, 0.3) is 0 Å². The number of carboxylic acid groups (broad SMARTS) is 1. The van der Waals surface area contributed by atoms with Gasteiger partial charge in [-0.15, -0.1) is 0 Å². The van der Waals surface area contributed by atoms with Crippen LogP contribution in [0.4, 0.5) is 9.18 Å². The molecule has 23 heavy (non-hydrogen) atoms. The summed E-state index contributed by atoms with van der Waals surface area (Å²) >= 11 is 0. The van der Waals surface area contributed by atoms with Crippen LogP contribution < -0.4 is 5.32 Å². The van der Waals surface area contributed by atoms with Crippen LogP contribution in [0.1, 0.15) is 19.3 Å². The Morgan fingerprint density at radius 1 is 1.26 bits per heavy atom. The Bertz CT molecular complexity index is 494. The molecule has 1 aliphatic carbocycles. The number of alkyl halides is 1. The van der Waals surface area contributed by atoms with Gasteiger partial charge in [-0.25, -0.2) is 14.0 Å². The second-order valence-electron chi connectivity index (χ2n) is 5.24. The molecule has 0 aromatic carbocycles. The topological polar surface area (TPSA) is 102 Å². The molecule has 0 radical (unpaired) electrons. The summed E-state index contributed by atoms with van der Waals surface area (Å²) in [6, 6.07) is 0. The average molecular weight is 329 g/mol. The lowest BCUT2D eigenvalue weighted by atomic mass is 9.94. The molecular formula is C15H20FNO6. The Labute approximate surface area is 133 Å². The summed E-state index contributed by atoms with van der Waals surface area (Å²) in [5.41, 5.74) is -2.11. The highest BCUT2D eigenvalue weighted by Crippen LogP contribution is 2.39. The second kappa shape index (κ2) is 8.30. The van der Waals surface area contributed by atoms with Gasteiger partial charge in [-0.3, -0.25) is 4.79 Å². The molecular weight excluding hydrogens is 309 g/mol. The predicted molar refractivity (Wildman–Crippen MR) is 78.4 cm³/mol. The van der Waals surface area contributed by atoms with Crippen LogP contribution in [-0.4, -0.2) is 48.1 Å². The monoisotopic (exact) mass is 329 g/mol. The van der Waals surface area contributed by atoms with E-state index in [9.17, 15) is 23.9 Å². The summed E-state index contributed by atoms with van der Waals surface area (Å²) in [5.74, 6) is -2.64. The van der Waals surface area contributed by atoms with E-state index in [1.54, 1.807) is 0 Å². The largest absolute Gasteiger partial charge is 0.479 e. The number of hydrogen-bond acceptors (Lipinski definition) is 5. The molecule has 0 bridgehead atoms. The van der Waals surface area contributed by atoms with Crippen molar-refractivity contribution in [3.05, 3.63) is 25.3 Å². The number of carboxylic acids is 1. The van der Waals surface area contributed by atoms with Gasteiger partial charge in [-0.05, 0) is 18.8 Å². The standard InChI is InChI=1S/C15H20FNO6/c1-3-5-22-12(18)8-10-7-11(16)15(9-10,13(19)20)17-14(21)23-6-4-2/h3-4,10-11H,1-2,5-9H2,(H,17,21)(H,19,20)/t10?,11-,15+/m0/s1. The number of rotatable bonds is 8. The van der Waals surface area contributed by atoms with Crippen molar-refractivity contribution in [3.63, 3.8) is 0 Å². The van der Waals surface area contributed by atoms with Crippen molar-refractivity contribution in [2.75, 3.05) is 13.2 Å². The average Bonchev–Trinajstić information content (AvgIpc) is 2.79. The zero-order valence-corrected chi connectivity index (χ0v) is 12.6. The Hall–Kier alpha value is -2.38. The number of carbonyl (C=O) groups excluding carboxylic acids is 2. The quantitative estimate of drug-likeness (QED) is 0.518. The minimum Gasteiger partial charge on any atom is -0.479 e. The zero-order chi connectivity index (χ0) is 17.5. The van der Waals surface area contributed by atoms with E-state index in [0.29, 0.717) is 0 Å². The molecule has 2 N–H and O–H groups in total. The summed E-state index contributed by atoms with van der Waals surface area (Å²) in [7, 11) is 0. The predicted octanol–water partition coefficient (Wildman–Crippen LogP) is 1.59. The first-order chi connectivity index (χ1) is 10.9. The highest BCUT2D eigenvalue weighted by atomic mass is 19.1. The Balaban J connectivity index is 2.74. The van der Waals surface area contributed by atoms with Gasteiger partial charge in [-0.1, -0.05) is 25.3 Å². The molecule has 0 aromatic heterocycles. The van der Waals surface area contributed by atoms with Crippen LogP contribution in [-0.2, 0) is 19.1 Å².